The molecule has 1 aliphatic heterocycles. The van der Waals surface area contributed by atoms with Crippen LogP contribution in [0.3, 0.4) is 0 Å². The summed E-state index contributed by atoms with van der Waals surface area (Å²) < 4.78 is 0. The van der Waals surface area contributed by atoms with Crippen LogP contribution >= 0.6 is 0 Å². The first kappa shape index (κ1) is 19.7. The van der Waals surface area contributed by atoms with Crippen molar-refractivity contribution < 1.29 is 5.02 Å². The van der Waals surface area contributed by atoms with Crippen LogP contribution in [0, 0.1) is 28.1 Å². The van der Waals surface area contributed by atoms with Crippen molar-refractivity contribution in [1.29, 1.82) is 16.1 Å². The zero-order valence-corrected chi connectivity index (χ0v) is 15.9. The van der Waals surface area contributed by atoms with E-state index in [1.165, 1.54) is 6.34 Å². The van der Waals surface area contributed by atoms with Crippen molar-refractivity contribution in [3.05, 3.63) is 48.0 Å². The van der Waals surface area contributed by atoms with E-state index in [0.29, 0.717) is 11.4 Å². The number of hydrogen-bond acceptors (Lipinski definition) is 5. The van der Waals surface area contributed by atoms with Gasteiger partial charge in [-0.1, -0.05) is 41.9 Å². The molecule has 1 aliphatic rings. The van der Waals surface area contributed by atoms with E-state index in [1.54, 1.807) is 11.9 Å². The lowest BCUT2D eigenvalue weighted by molar-refractivity contribution is 0.473. The highest BCUT2D eigenvalue weighted by Gasteiger charge is 2.27. The Morgan fingerprint density at radius 2 is 1.93 bits per heavy atom. The number of piperidine rings is 1. The van der Waals surface area contributed by atoms with Crippen molar-refractivity contribution in [2.75, 3.05) is 25.0 Å². The van der Waals surface area contributed by atoms with Crippen LogP contribution in [0.15, 0.2) is 42.5 Å². The first-order chi connectivity index (χ1) is 13.6. The Labute approximate surface area is 166 Å². The molecule has 1 fully saturated rings. The molecule has 0 aliphatic carbocycles. The van der Waals surface area contributed by atoms with Gasteiger partial charge in [0.25, 0.3) is 0 Å². The standard InChI is InChI=1S/C21H23BN5O/c1-26(14-24)21(25)16-9-11-27(12-10-16)20-17(13-23)3-2-4-19(20)15-5-7-18(22-28)8-6-15/h2-8,14,16,24-25,28H,9-12H2,1H3. The number of nitriles is 1. The van der Waals surface area contributed by atoms with Crippen LogP contribution in [0.5, 0.6) is 0 Å². The molecule has 1 radical (unpaired) electrons. The summed E-state index contributed by atoms with van der Waals surface area (Å²) in [6.45, 7) is 1.51. The minimum Gasteiger partial charge on any atom is -0.450 e. The third-order valence-corrected chi connectivity index (χ3v) is 5.30. The van der Waals surface area contributed by atoms with Gasteiger partial charge < -0.3 is 14.8 Å². The third kappa shape index (κ3) is 3.92. The van der Waals surface area contributed by atoms with Gasteiger partial charge in [0, 0.05) is 31.6 Å². The Morgan fingerprint density at radius 1 is 1.25 bits per heavy atom. The van der Waals surface area contributed by atoms with E-state index in [1.807, 2.05) is 42.5 Å². The molecule has 0 saturated carbocycles. The first-order valence-electron chi connectivity index (χ1n) is 9.26. The number of para-hydroxylation sites is 1. The summed E-state index contributed by atoms with van der Waals surface area (Å²) in [5.74, 6) is 0.596. The van der Waals surface area contributed by atoms with E-state index in [0.717, 1.165) is 55.7 Å². The second kappa shape index (κ2) is 8.72. The van der Waals surface area contributed by atoms with Gasteiger partial charge in [-0.15, -0.1) is 0 Å². The monoisotopic (exact) mass is 372 g/mol. The largest absolute Gasteiger partial charge is 0.450 e. The number of amidine groups is 1. The first-order valence-corrected chi connectivity index (χ1v) is 9.26. The zero-order chi connectivity index (χ0) is 20.1. The molecule has 0 spiro atoms. The van der Waals surface area contributed by atoms with Crippen LogP contribution in [0.2, 0.25) is 0 Å². The molecular formula is C21H23BN5O. The van der Waals surface area contributed by atoms with Crippen molar-refractivity contribution in [2.24, 2.45) is 5.92 Å². The van der Waals surface area contributed by atoms with Crippen LogP contribution in [-0.2, 0) is 0 Å². The molecule has 3 N–H and O–H groups in total. The van der Waals surface area contributed by atoms with Gasteiger partial charge in [-0.25, -0.2) is 0 Å². The zero-order valence-electron chi connectivity index (χ0n) is 15.9. The van der Waals surface area contributed by atoms with Crippen molar-refractivity contribution in [3.63, 3.8) is 0 Å². The van der Waals surface area contributed by atoms with E-state index in [4.69, 9.17) is 15.8 Å². The molecule has 3 rings (SSSR count). The molecule has 1 heterocycles. The number of hydrogen-bond donors (Lipinski definition) is 3. The maximum absolute atomic E-state index is 9.67. The highest BCUT2D eigenvalue weighted by atomic mass is 16.2. The van der Waals surface area contributed by atoms with E-state index in [-0.39, 0.29) is 5.92 Å². The Bertz CT molecular complexity index is 898. The number of anilines is 1. The van der Waals surface area contributed by atoms with Crippen LogP contribution in [-0.4, -0.2) is 49.7 Å². The lowest BCUT2D eigenvalue weighted by Crippen LogP contribution is -2.41. The molecule has 2 aromatic rings. The van der Waals surface area contributed by atoms with Gasteiger partial charge in [0.05, 0.1) is 17.6 Å². The van der Waals surface area contributed by atoms with E-state index >= 15 is 0 Å². The number of rotatable bonds is 5. The summed E-state index contributed by atoms with van der Waals surface area (Å²) in [5.41, 5.74) is 4.29. The highest BCUT2D eigenvalue weighted by Crippen LogP contribution is 2.36. The number of nitrogens with zero attached hydrogens (tertiary/aromatic N) is 3. The lowest BCUT2D eigenvalue weighted by Gasteiger charge is -2.36. The van der Waals surface area contributed by atoms with Gasteiger partial charge in [0.15, 0.2) is 0 Å². The van der Waals surface area contributed by atoms with E-state index in [2.05, 4.69) is 11.0 Å². The molecule has 0 atom stereocenters. The summed E-state index contributed by atoms with van der Waals surface area (Å²) in [5, 5.41) is 34.4. The van der Waals surface area contributed by atoms with Gasteiger partial charge >= 0.3 is 7.48 Å². The average molecular weight is 372 g/mol. The summed E-state index contributed by atoms with van der Waals surface area (Å²) in [6.07, 6.45) is 2.80. The van der Waals surface area contributed by atoms with Crippen molar-refractivity contribution in [3.8, 4) is 17.2 Å². The maximum atomic E-state index is 9.67. The quantitative estimate of drug-likeness (QED) is 0.426. The molecule has 28 heavy (non-hydrogen) atoms. The maximum Gasteiger partial charge on any atom is 0.326 e. The minimum absolute atomic E-state index is 0.125. The van der Waals surface area contributed by atoms with Crippen molar-refractivity contribution in [2.45, 2.75) is 12.8 Å². The second-order valence-electron chi connectivity index (χ2n) is 6.95. The fourth-order valence-corrected chi connectivity index (χ4v) is 3.69. The highest BCUT2D eigenvalue weighted by molar-refractivity contribution is 6.45. The Balaban J connectivity index is 1.89. The van der Waals surface area contributed by atoms with Gasteiger partial charge in [0.1, 0.15) is 11.9 Å². The van der Waals surface area contributed by atoms with Crippen LogP contribution in [0.4, 0.5) is 5.69 Å². The van der Waals surface area contributed by atoms with E-state index < -0.39 is 0 Å². The van der Waals surface area contributed by atoms with Crippen LogP contribution < -0.4 is 10.4 Å². The summed E-state index contributed by atoms with van der Waals surface area (Å²) in [4.78, 5) is 3.78. The number of nitrogens with one attached hydrogen (secondary N) is 2. The average Bonchev–Trinajstić information content (AvgIpc) is 2.77. The fraction of sp³-hybridized carbons (Fsp3) is 0.286. The molecule has 6 nitrogen and oxygen atoms in total. The lowest BCUT2D eigenvalue weighted by atomic mass is 9.87. The molecule has 1 saturated heterocycles. The molecule has 0 amide bonds. The molecule has 0 bridgehead atoms. The second-order valence-corrected chi connectivity index (χ2v) is 6.95. The van der Waals surface area contributed by atoms with Crippen LogP contribution in [0.25, 0.3) is 11.1 Å². The Morgan fingerprint density at radius 3 is 2.50 bits per heavy atom. The topological polar surface area (TPSA) is 98.2 Å². The van der Waals surface area contributed by atoms with Crippen LogP contribution in [0.1, 0.15) is 18.4 Å². The van der Waals surface area contributed by atoms with Gasteiger partial charge in [-0.05, 0) is 24.5 Å². The van der Waals surface area contributed by atoms with Crippen molar-refractivity contribution >= 4 is 30.8 Å². The summed E-state index contributed by atoms with van der Waals surface area (Å²) >= 11 is 0. The molecular weight excluding hydrogens is 349 g/mol. The molecule has 141 valence electrons. The van der Waals surface area contributed by atoms with Gasteiger partial charge in [-0.2, -0.15) is 5.26 Å². The number of benzene rings is 2. The molecule has 2 aromatic carbocycles. The Hall–Kier alpha value is -3.11. The fourth-order valence-electron chi connectivity index (χ4n) is 3.69. The smallest absolute Gasteiger partial charge is 0.326 e. The Kier molecular flexibility index (Phi) is 6.12. The SMILES string of the molecule is CN(C=N)C(=N)C1CCN(c2c(C#N)cccc2-c2ccc([B]O)cc2)CC1. The van der Waals surface area contributed by atoms with Crippen molar-refractivity contribution in [1.82, 2.24) is 4.90 Å². The molecule has 0 aromatic heterocycles. The summed E-state index contributed by atoms with van der Waals surface area (Å²) in [7, 11) is 2.81. The minimum atomic E-state index is 0.125. The van der Waals surface area contributed by atoms with E-state index in [9.17, 15) is 5.26 Å². The predicted octanol–water partition coefficient (Wildman–Crippen LogP) is 2.19. The summed E-state index contributed by atoms with van der Waals surface area (Å²) in [6, 6.07) is 15.7. The third-order valence-electron chi connectivity index (χ3n) is 5.30. The van der Waals surface area contributed by atoms with Gasteiger partial charge in [-0.3, -0.25) is 10.8 Å². The molecule has 0 unspecified atom stereocenters. The predicted molar refractivity (Wildman–Crippen MR) is 113 cm³/mol. The molecule has 7 heteroatoms. The van der Waals surface area contributed by atoms with Gasteiger partial charge in [0.2, 0.25) is 0 Å². The normalized spacial score (nSPS) is 14.2.